The van der Waals surface area contributed by atoms with Crippen molar-refractivity contribution in [3.63, 3.8) is 0 Å². The predicted molar refractivity (Wildman–Crippen MR) is 102 cm³/mol. The summed E-state index contributed by atoms with van der Waals surface area (Å²) >= 11 is 0. The first-order valence-electron chi connectivity index (χ1n) is 9.21. The Morgan fingerprint density at radius 3 is 2.50 bits per heavy atom. The smallest absolute Gasteiger partial charge is 0.327 e. The van der Waals surface area contributed by atoms with Gasteiger partial charge in [0.05, 0.1) is 18.3 Å². The molecule has 0 bridgehead atoms. The molecule has 1 saturated carbocycles. The number of hydrogen-bond acceptors (Lipinski definition) is 3. The zero-order chi connectivity index (χ0) is 19.7. The van der Waals surface area contributed by atoms with Crippen molar-refractivity contribution in [2.24, 2.45) is 22.2 Å². The highest BCUT2D eigenvalue weighted by Gasteiger charge is 2.73. The van der Waals surface area contributed by atoms with Crippen LogP contribution < -0.4 is 0 Å². The van der Waals surface area contributed by atoms with Gasteiger partial charge in [-0.15, -0.1) is 0 Å². The van der Waals surface area contributed by atoms with Gasteiger partial charge in [0, 0.05) is 28.2 Å². The lowest BCUT2D eigenvalue weighted by Gasteiger charge is -2.56. The lowest BCUT2D eigenvalue weighted by Crippen LogP contribution is -2.58. The van der Waals surface area contributed by atoms with E-state index in [1.54, 1.807) is 6.08 Å². The van der Waals surface area contributed by atoms with Crippen LogP contribution in [-0.2, 0) is 9.53 Å². The predicted octanol–water partition coefficient (Wildman–Crippen LogP) is 3.89. The molecule has 0 aromatic heterocycles. The molecule has 0 aromatic carbocycles. The van der Waals surface area contributed by atoms with Crippen LogP contribution in [0.1, 0.15) is 41.5 Å². The molecule has 26 heavy (non-hydrogen) atoms. The molecule has 2 fully saturated rings. The molecule has 142 valence electrons. The zero-order valence-corrected chi connectivity index (χ0v) is 16.5. The third-order valence-corrected chi connectivity index (χ3v) is 7.46. The number of aliphatic hydroxyl groups is 1. The highest BCUT2D eigenvalue weighted by molar-refractivity contribution is 5.80. The summed E-state index contributed by atoms with van der Waals surface area (Å²) in [4.78, 5) is 11.2. The van der Waals surface area contributed by atoms with E-state index in [0.717, 1.165) is 11.6 Å². The van der Waals surface area contributed by atoms with Gasteiger partial charge in [0.2, 0.25) is 0 Å². The van der Waals surface area contributed by atoms with Gasteiger partial charge in [-0.3, -0.25) is 0 Å². The molecule has 4 heteroatoms. The third kappa shape index (κ3) is 2.06. The number of carboxylic acid groups (broad SMARTS) is 1. The molecule has 3 aliphatic rings. The number of ether oxygens (including phenoxy) is 1. The molecule has 0 radical (unpaired) electrons. The summed E-state index contributed by atoms with van der Waals surface area (Å²) in [5, 5.41) is 20.3. The van der Waals surface area contributed by atoms with E-state index in [1.807, 2.05) is 13.8 Å². The standard InChI is InChI=1S/C22H30O4/c1-8-12(2)18-21(6)11-13(3)16-20(5,10-9-15(23)24)17(25)14(4)19(26-18)22(16,21)7/h8-11,16-19,25H,4H2,1-3,5-7H3,(H,23,24)/b10-9-,12-8-/t16?,17-,18?,19?,20-,21-,22+/m1/s1. The van der Waals surface area contributed by atoms with E-state index < -0.39 is 17.5 Å². The van der Waals surface area contributed by atoms with Gasteiger partial charge in [-0.25, -0.2) is 4.79 Å². The van der Waals surface area contributed by atoms with Crippen LogP contribution in [-0.4, -0.2) is 34.5 Å². The minimum atomic E-state index is -1.01. The summed E-state index contributed by atoms with van der Waals surface area (Å²) in [5.74, 6) is -1.04. The topological polar surface area (TPSA) is 66.8 Å². The van der Waals surface area contributed by atoms with Gasteiger partial charge in [0.1, 0.15) is 0 Å². The second-order valence-corrected chi connectivity index (χ2v) is 8.83. The molecule has 0 amide bonds. The van der Waals surface area contributed by atoms with Crippen molar-refractivity contribution in [3.05, 3.63) is 47.6 Å². The summed E-state index contributed by atoms with van der Waals surface area (Å²) < 4.78 is 6.50. The molecule has 3 unspecified atom stereocenters. The van der Waals surface area contributed by atoms with Crippen LogP contribution in [0.3, 0.4) is 0 Å². The number of allylic oxidation sites excluding steroid dienone is 2. The van der Waals surface area contributed by atoms with Gasteiger partial charge in [0.15, 0.2) is 0 Å². The van der Waals surface area contributed by atoms with Crippen LogP contribution >= 0.6 is 0 Å². The van der Waals surface area contributed by atoms with E-state index in [4.69, 9.17) is 9.84 Å². The van der Waals surface area contributed by atoms with E-state index in [2.05, 4.69) is 46.4 Å². The Balaban J connectivity index is 2.23. The van der Waals surface area contributed by atoms with Crippen molar-refractivity contribution in [1.29, 1.82) is 0 Å². The van der Waals surface area contributed by atoms with Crippen molar-refractivity contribution in [2.75, 3.05) is 0 Å². The number of carbonyl (C=O) groups is 1. The summed E-state index contributed by atoms with van der Waals surface area (Å²) in [6, 6.07) is 0. The zero-order valence-electron chi connectivity index (χ0n) is 16.5. The first-order chi connectivity index (χ1) is 11.9. The quantitative estimate of drug-likeness (QED) is 0.593. The average molecular weight is 358 g/mol. The Hall–Kier alpha value is -1.65. The maximum atomic E-state index is 11.2. The SMILES string of the molecule is C=C1C2OC(/C(C)=C\C)[C@@]3(C)C=C(C)C([C@@]23C)[C@@](C)(/C=C\C(=O)O)[C@@H]1O. The van der Waals surface area contributed by atoms with E-state index in [1.165, 1.54) is 5.57 Å². The van der Waals surface area contributed by atoms with Crippen LogP contribution in [0.2, 0.25) is 0 Å². The average Bonchev–Trinajstić information content (AvgIpc) is 2.91. The van der Waals surface area contributed by atoms with Crippen LogP contribution in [0.15, 0.2) is 47.6 Å². The van der Waals surface area contributed by atoms with Gasteiger partial charge < -0.3 is 14.9 Å². The maximum absolute atomic E-state index is 11.2. The molecule has 2 N–H and O–H groups in total. The fourth-order valence-electron chi connectivity index (χ4n) is 6.19. The Labute approximate surface area is 155 Å². The van der Waals surface area contributed by atoms with Gasteiger partial charge in [-0.05, 0) is 31.9 Å². The summed E-state index contributed by atoms with van der Waals surface area (Å²) in [6.07, 6.45) is 5.94. The minimum absolute atomic E-state index is 0.0317. The summed E-state index contributed by atoms with van der Waals surface area (Å²) in [6.45, 7) is 16.7. The van der Waals surface area contributed by atoms with Gasteiger partial charge in [-0.2, -0.15) is 0 Å². The van der Waals surface area contributed by atoms with Crippen molar-refractivity contribution < 1.29 is 19.7 Å². The molecule has 7 atom stereocenters. The highest BCUT2D eigenvalue weighted by atomic mass is 16.5. The van der Waals surface area contributed by atoms with Crippen molar-refractivity contribution in [3.8, 4) is 0 Å². The van der Waals surface area contributed by atoms with Crippen molar-refractivity contribution in [2.45, 2.75) is 59.9 Å². The Morgan fingerprint density at radius 2 is 1.96 bits per heavy atom. The van der Waals surface area contributed by atoms with Gasteiger partial charge in [0.25, 0.3) is 0 Å². The normalized spacial score (nSPS) is 48.0. The van der Waals surface area contributed by atoms with Crippen LogP contribution in [0.25, 0.3) is 0 Å². The van der Waals surface area contributed by atoms with Crippen LogP contribution in [0.5, 0.6) is 0 Å². The number of aliphatic carboxylic acids is 1. The molecular formula is C22H30O4. The number of rotatable bonds is 3. The summed E-state index contributed by atoms with van der Waals surface area (Å²) in [7, 11) is 0. The van der Waals surface area contributed by atoms with E-state index >= 15 is 0 Å². The van der Waals surface area contributed by atoms with Crippen molar-refractivity contribution in [1.82, 2.24) is 0 Å². The second kappa shape index (κ2) is 5.67. The molecule has 1 heterocycles. The third-order valence-electron chi connectivity index (χ3n) is 7.46. The molecule has 1 aliphatic heterocycles. The van der Waals surface area contributed by atoms with Crippen LogP contribution in [0, 0.1) is 22.2 Å². The largest absolute Gasteiger partial charge is 0.478 e. The number of hydrogen-bond donors (Lipinski definition) is 2. The van der Waals surface area contributed by atoms with Crippen LogP contribution in [0.4, 0.5) is 0 Å². The molecule has 3 rings (SSSR count). The monoisotopic (exact) mass is 358 g/mol. The Kier molecular flexibility index (Phi) is 4.17. The first-order valence-corrected chi connectivity index (χ1v) is 9.21. The first kappa shape index (κ1) is 19.1. The van der Waals surface area contributed by atoms with E-state index in [9.17, 15) is 9.90 Å². The molecule has 0 aromatic rings. The lowest BCUT2D eigenvalue weighted by molar-refractivity contribution is -0.131. The lowest BCUT2D eigenvalue weighted by atomic mass is 9.47. The maximum Gasteiger partial charge on any atom is 0.327 e. The fourth-order valence-corrected chi connectivity index (χ4v) is 6.19. The molecule has 4 nitrogen and oxygen atoms in total. The Bertz CT molecular complexity index is 760. The second-order valence-electron chi connectivity index (χ2n) is 8.83. The molecule has 0 spiro atoms. The Morgan fingerprint density at radius 1 is 1.35 bits per heavy atom. The highest BCUT2D eigenvalue weighted by Crippen LogP contribution is 2.72. The van der Waals surface area contributed by atoms with Crippen molar-refractivity contribution >= 4 is 5.97 Å². The molecular weight excluding hydrogens is 328 g/mol. The number of carboxylic acids is 1. The number of aliphatic hydroxyl groups excluding tert-OH is 1. The van der Waals surface area contributed by atoms with E-state index in [-0.39, 0.29) is 29.0 Å². The molecule has 1 saturated heterocycles. The van der Waals surface area contributed by atoms with E-state index in [0.29, 0.717) is 5.57 Å². The van der Waals surface area contributed by atoms with Gasteiger partial charge in [-0.1, -0.05) is 51.2 Å². The summed E-state index contributed by atoms with van der Waals surface area (Å²) in [5.41, 5.74) is 1.69. The minimum Gasteiger partial charge on any atom is -0.478 e. The molecule has 2 aliphatic carbocycles. The van der Waals surface area contributed by atoms with Gasteiger partial charge >= 0.3 is 5.97 Å². The fraction of sp³-hybridized carbons (Fsp3) is 0.591.